The molecule has 0 spiro atoms. The van der Waals surface area contributed by atoms with Gasteiger partial charge < -0.3 is 10.6 Å². The molecule has 0 aliphatic carbocycles. The zero-order chi connectivity index (χ0) is 28.9. The Labute approximate surface area is 252 Å². The predicted molar refractivity (Wildman–Crippen MR) is 181 cm³/mol. The highest BCUT2D eigenvalue weighted by molar-refractivity contribution is 5.28. The largest absolute Gasteiger partial charge is 0.313 e. The quantitative estimate of drug-likeness (QED) is 0.0921. The first-order valence-electron chi connectivity index (χ1n) is 18.2. The summed E-state index contributed by atoms with van der Waals surface area (Å²) in [4.78, 5) is 0. The Morgan fingerprint density at radius 3 is 0.975 bits per heavy atom. The molecule has 1 aromatic rings. The van der Waals surface area contributed by atoms with Crippen molar-refractivity contribution in [3.63, 3.8) is 0 Å². The smallest absolute Gasteiger partial charge is 0.0317 e. The fourth-order valence-electron chi connectivity index (χ4n) is 6.33. The Balaban J connectivity index is 2.19. The van der Waals surface area contributed by atoms with E-state index in [1.54, 1.807) is 0 Å². The minimum Gasteiger partial charge on any atom is -0.313 e. The molecular weight excluding hydrogens is 484 g/mol. The molecule has 40 heavy (non-hydrogen) atoms. The lowest BCUT2D eigenvalue weighted by atomic mass is 9.94. The van der Waals surface area contributed by atoms with Crippen LogP contribution in [0.2, 0.25) is 0 Å². The van der Waals surface area contributed by atoms with E-state index in [-0.39, 0.29) is 0 Å². The molecule has 0 aromatic heterocycles. The van der Waals surface area contributed by atoms with Crippen molar-refractivity contribution in [2.75, 3.05) is 14.1 Å². The van der Waals surface area contributed by atoms with Crippen LogP contribution in [0.5, 0.6) is 0 Å². The predicted octanol–water partition coefficient (Wildman–Crippen LogP) is 12.4. The van der Waals surface area contributed by atoms with E-state index < -0.39 is 0 Å². The standard InChI is InChI=1S/C38H72N2/c1-5-7-9-11-13-15-17-19-21-23-25-27-32-37(39-3)35-30-29-31-36(34-35)38(40-4)33-28-26-24-22-20-18-16-14-12-10-8-6-2/h29-31,34,37-40H,5-28,32-33H2,1-4H3. The molecule has 2 heteroatoms. The van der Waals surface area contributed by atoms with Crippen molar-refractivity contribution < 1.29 is 0 Å². The number of unbranched alkanes of at least 4 members (excludes halogenated alkanes) is 22. The van der Waals surface area contributed by atoms with E-state index in [2.05, 4.69) is 62.8 Å². The molecule has 0 saturated heterocycles. The summed E-state index contributed by atoms with van der Waals surface area (Å²) in [7, 11) is 4.28. The van der Waals surface area contributed by atoms with Gasteiger partial charge in [-0.3, -0.25) is 0 Å². The first-order chi connectivity index (χ1) is 19.8. The topological polar surface area (TPSA) is 24.1 Å². The van der Waals surface area contributed by atoms with Crippen molar-refractivity contribution in [2.24, 2.45) is 0 Å². The zero-order valence-corrected chi connectivity index (χ0v) is 27.8. The highest BCUT2D eigenvalue weighted by Gasteiger charge is 2.13. The molecular formula is C38H72N2. The van der Waals surface area contributed by atoms with Crippen molar-refractivity contribution >= 4 is 0 Å². The third-order valence-corrected chi connectivity index (χ3v) is 9.11. The van der Waals surface area contributed by atoms with E-state index in [1.807, 2.05) is 0 Å². The molecule has 2 unspecified atom stereocenters. The Hall–Kier alpha value is -0.860. The average Bonchev–Trinajstić information content (AvgIpc) is 2.98. The SMILES string of the molecule is CCCCCCCCCCCCCCC(NC)c1cccc(C(CCCCCCCCCCCCCC)NC)c1. The first-order valence-corrected chi connectivity index (χ1v) is 18.2. The van der Waals surface area contributed by atoms with Gasteiger partial charge in [-0.25, -0.2) is 0 Å². The molecule has 0 fully saturated rings. The van der Waals surface area contributed by atoms with E-state index >= 15 is 0 Å². The third kappa shape index (κ3) is 20.1. The molecule has 1 aromatic carbocycles. The monoisotopic (exact) mass is 557 g/mol. The summed E-state index contributed by atoms with van der Waals surface area (Å²) in [6, 6.07) is 10.4. The number of hydrogen-bond acceptors (Lipinski definition) is 2. The summed E-state index contributed by atoms with van der Waals surface area (Å²) in [6.45, 7) is 4.60. The van der Waals surface area contributed by atoms with Gasteiger partial charge in [-0.1, -0.05) is 192 Å². The molecule has 2 atom stereocenters. The summed E-state index contributed by atoms with van der Waals surface area (Å²) in [6.07, 6.45) is 36.6. The van der Waals surface area contributed by atoms with Crippen LogP contribution >= 0.6 is 0 Å². The van der Waals surface area contributed by atoms with Gasteiger partial charge in [0, 0.05) is 12.1 Å². The number of benzene rings is 1. The van der Waals surface area contributed by atoms with Crippen molar-refractivity contribution in [3.8, 4) is 0 Å². The van der Waals surface area contributed by atoms with Crippen LogP contribution in [-0.2, 0) is 0 Å². The summed E-state index contributed by atoms with van der Waals surface area (Å²) < 4.78 is 0. The Bertz CT molecular complexity index is 591. The second-order valence-electron chi connectivity index (χ2n) is 12.7. The molecule has 0 amide bonds. The molecule has 0 bridgehead atoms. The van der Waals surface area contributed by atoms with Crippen molar-refractivity contribution in [1.82, 2.24) is 10.6 Å². The number of nitrogens with one attached hydrogen (secondary N) is 2. The van der Waals surface area contributed by atoms with Crippen LogP contribution in [0.1, 0.15) is 204 Å². The van der Waals surface area contributed by atoms with E-state index in [1.165, 1.54) is 178 Å². The van der Waals surface area contributed by atoms with E-state index in [0.717, 1.165) is 0 Å². The Morgan fingerprint density at radius 2 is 0.700 bits per heavy atom. The lowest BCUT2D eigenvalue weighted by molar-refractivity contribution is 0.483. The van der Waals surface area contributed by atoms with Crippen molar-refractivity contribution in [3.05, 3.63) is 35.4 Å². The molecule has 0 aliphatic heterocycles. The highest BCUT2D eigenvalue weighted by Crippen LogP contribution is 2.26. The maximum Gasteiger partial charge on any atom is 0.0317 e. The van der Waals surface area contributed by atoms with Crippen LogP contribution in [0, 0.1) is 0 Å². The van der Waals surface area contributed by atoms with Crippen LogP contribution in [0.3, 0.4) is 0 Å². The summed E-state index contributed by atoms with van der Waals surface area (Å²) in [5.41, 5.74) is 2.94. The third-order valence-electron chi connectivity index (χ3n) is 9.11. The minimum atomic E-state index is 0.479. The van der Waals surface area contributed by atoms with Gasteiger partial charge in [-0.15, -0.1) is 0 Å². The van der Waals surface area contributed by atoms with Gasteiger partial charge in [0.2, 0.25) is 0 Å². The lowest BCUT2D eigenvalue weighted by Gasteiger charge is -2.21. The average molecular weight is 557 g/mol. The van der Waals surface area contributed by atoms with Crippen LogP contribution in [0.15, 0.2) is 24.3 Å². The number of hydrogen-bond donors (Lipinski definition) is 2. The van der Waals surface area contributed by atoms with Gasteiger partial charge >= 0.3 is 0 Å². The maximum absolute atomic E-state index is 3.62. The minimum absolute atomic E-state index is 0.479. The van der Waals surface area contributed by atoms with E-state index in [9.17, 15) is 0 Å². The molecule has 0 heterocycles. The molecule has 0 radical (unpaired) electrons. The second kappa shape index (κ2) is 28.3. The molecule has 0 aliphatic rings. The van der Waals surface area contributed by atoms with Crippen molar-refractivity contribution in [1.29, 1.82) is 0 Å². The summed E-state index contributed by atoms with van der Waals surface area (Å²) in [5, 5.41) is 7.23. The van der Waals surface area contributed by atoms with Gasteiger partial charge in [0.05, 0.1) is 0 Å². The molecule has 0 saturated carbocycles. The maximum atomic E-state index is 3.62. The van der Waals surface area contributed by atoms with Crippen molar-refractivity contribution in [2.45, 2.75) is 193 Å². The van der Waals surface area contributed by atoms with E-state index in [0.29, 0.717) is 12.1 Å². The summed E-state index contributed by atoms with van der Waals surface area (Å²) >= 11 is 0. The Kier molecular flexibility index (Phi) is 26.3. The van der Waals surface area contributed by atoms with Crippen LogP contribution in [0.4, 0.5) is 0 Å². The first kappa shape index (κ1) is 37.2. The zero-order valence-electron chi connectivity index (χ0n) is 27.8. The van der Waals surface area contributed by atoms with Crippen LogP contribution < -0.4 is 10.6 Å². The number of rotatable bonds is 30. The van der Waals surface area contributed by atoms with Gasteiger partial charge in [0.1, 0.15) is 0 Å². The fraction of sp³-hybridized carbons (Fsp3) is 0.842. The second-order valence-corrected chi connectivity index (χ2v) is 12.7. The molecule has 234 valence electrons. The van der Waals surface area contributed by atoms with Gasteiger partial charge in [0.15, 0.2) is 0 Å². The van der Waals surface area contributed by atoms with Crippen LogP contribution in [-0.4, -0.2) is 14.1 Å². The van der Waals surface area contributed by atoms with Gasteiger partial charge in [-0.2, -0.15) is 0 Å². The van der Waals surface area contributed by atoms with Gasteiger partial charge in [-0.05, 0) is 38.1 Å². The van der Waals surface area contributed by atoms with E-state index in [4.69, 9.17) is 0 Å². The lowest BCUT2D eigenvalue weighted by Crippen LogP contribution is -2.19. The highest BCUT2D eigenvalue weighted by atomic mass is 14.9. The Morgan fingerprint density at radius 1 is 0.425 bits per heavy atom. The molecule has 2 nitrogen and oxygen atoms in total. The summed E-state index contributed by atoms with van der Waals surface area (Å²) in [5.74, 6) is 0. The van der Waals surface area contributed by atoms with Gasteiger partial charge in [0.25, 0.3) is 0 Å². The molecule has 1 rings (SSSR count). The normalized spacial score (nSPS) is 13.1. The fourth-order valence-corrected chi connectivity index (χ4v) is 6.33. The molecule has 2 N–H and O–H groups in total. The van der Waals surface area contributed by atoms with Crippen LogP contribution in [0.25, 0.3) is 0 Å².